The van der Waals surface area contributed by atoms with Crippen molar-refractivity contribution in [2.45, 2.75) is 58.7 Å². The molecular formula is C23H28N2OS2. The van der Waals surface area contributed by atoms with Gasteiger partial charge in [-0.05, 0) is 47.5 Å². The van der Waals surface area contributed by atoms with E-state index in [-0.39, 0.29) is 5.56 Å². The van der Waals surface area contributed by atoms with E-state index in [1.165, 1.54) is 10.4 Å². The summed E-state index contributed by atoms with van der Waals surface area (Å²) in [6.07, 6.45) is 3.24. The van der Waals surface area contributed by atoms with Crippen molar-refractivity contribution >= 4 is 33.3 Å². The Bertz CT molecular complexity index is 1040. The molecule has 0 saturated carbocycles. The van der Waals surface area contributed by atoms with Crippen molar-refractivity contribution in [3.8, 4) is 0 Å². The summed E-state index contributed by atoms with van der Waals surface area (Å²) in [6, 6.07) is 10.2. The summed E-state index contributed by atoms with van der Waals surface area (Å²) < 4.78 is 1.88. The van der Waals surface area contributed by atoms with E-state index in [2.05, 4.69) is 39.8 Å². The Morgan fingerprint density at radius 1 is 1.25 bits per heavy atom. The van der Waals surface area contributed by atoms with Crippen LogP contribution in [0, 0.1) is 11.3 Å². The molecule has 0 bridgehead atoms. The van der Waals surface area contributed by atoms with Crippen LogP contribution >= 0.6 is 23.1 Å². The molecule has 4 rings (SSSR count). The molecule has 3 nitrogen and oxygen atoms in total. The zero-order chi connectivity index (χ0) is 19.9. The Morgan fingerprint density at radius 2 is 2.00 bits per heavy atom. The smallest absolute Gasteiger partial charge is 0.263 e. The number of rotatable bonds is 4. The second-order valence-electron chi connectivity index (χ2n) is 8.69. The fourth-order valence-electron chi connectivity index (χ4n) is 4.12. The van der Waals surface area contributed by atoms with E-state index in [0.717, 1.165) is 46.0 Å². The number of aryl methyl sites for hydroxylation is 1. The fourth-order valence-corrected chi connectivity index (χ4v) is 6.19. The van der Waals surface area contributed by atoms with E-state index < -0.39 is 0 Å². The lowest BCUT2D eigenvalue weighted by atomic mass is 9.72. The van der Waals surface area contributed by atoms with Gasteiger partial charge in [0.15, 0.2) is 5.16 Å². The molecule has 1 atom stereocenters. The molecule has 0 fully saturated rings. The molecule has 1 aromatic carbocycles. The first-order valence-corrected chi connectivity index (χ1v) is 11.9. The van der Waals surface area contributed by atoms with Gasteiger partial charge in [0.25, 0.3) is 5.56 Å². The third kappa shape index (κ3) is 3.67. The minimum absolute atomic E-state index is 0.136. The van der Waals surface area contributed by atoms with E-state index in [0.29, 0.717) is 17.9 Å². The van der Waals surface area contributed by atoms with Crippen LogP contribution in [0.2, 0.25) is 0 Å². The molecule has 0 spiro atoms. The monoisotopic (exact) mass is 412 g/mol. The van der Waals surface area contributed by atoms with Gasteiger partial charge in [-0.3, -0.25) is 9.36 Å². The average molecular weight is 413 g/mol. The lowest BCUT2D eigenvalue weighted by Crippen LogP contribution is -2.27. The third-order valence-electron chi connectivity index (χ3n) is 5.82. The van der Waals surface area contributed by atoms with E-state index in [1.807, 2.05) is 22.8 Å². The number of thiophene rings is 1. The summed E-state index contributed by atoms with van der Waals surface area (Å²) in [5, 5.41) is 1.72. The molecule has 148 valence electrons. The number of hydrogen-bond acceptors (Lipinski definition) is 4. The average Bonchev–Trinajstić information content (AvgIpc) is 3.03. The largest absolute Gasteiger partial charge is 0.283 e. The lowest BCUT2D eigenvalue weighted by Gasteiger charge is -2.33. The maximum Gasteiger partial charge on any atom is 0.263 e. The predicted octanol–water partition coefficient (Wildman–Crippen LogP) is 5.77. The molecular weight excluding hydrogens is 384 g/mol. The number of aromatic nitrogens is 2. The maximum atomic E-state index is 13.6. The van der Waals surface area contributed by atoms with E-state index in [9.17, 15) is 4.79 Å². The standard InChI is InChI=1S/C23H28N2OS2/c1-5-27-22-24-20-19(21(26)25(22)14-15-9-7-6-8-10-15)17-12-11-16(23(2,3)4)13-18(17)28-20/h6-10,16H,5,11-14H2,1-4H3/t16-/m0/s1. The van der Waals surface area contributed by atoms with E-state index in [4.69, 9.17) is 4.98 Å². The highest BCUT2D eigenvalue weighted by atomic mass is 32.2. The molecule has 0 saturated heterocycles. The molecule has 5 heteroatoms. The van der Waals surface area contributed by atoms with Crippen molar-refractivity contribution in [3.05, 3.63) is 56.7 Å². The van der Waals surface area contributed by atoms with Crippen molar-refractivity contribution in [1.29, 1.82) is 0 Å². The zero-order valence-electron chi connectivity index (χ0n) is 17.1. The number of fused-ring (bicyclic) bond motifs is 3. The Hall–Kier alpha value is -1.59. The van der Waals surface area contributed by atoms with Gasteiger partial charge in [0.2, 0.25) is 0 Å². The van der Waals surface area contributed by atoms with Crippen molar-refractivity contribution in [3.63, 3.8) is 0 Å². The molecule has 0 amide bonds. The minimum Gasteiger partial charge on any atom is -0.283 e. The van der Waals surface area contributed by atoms with Crippen LogP contribution in [0.25, 0.3) is 10.2 Å². The molecule has 1 aliphatic rings. The minimum atomic E-state index is 0.136. The first kappa shape index (κ1) is 19.7. The highest BCUT2D eigenvalue weighted by molar-refractivity contribution is 7.99. The van der Waals surface area contributed by atoms with Crippen LogP contribution in [0.1, 0.15) is 50.1 Å². The molecule has 3 aromatic rings. The normalized spacial score (nSPS) is 17.1. The number of benzene rings is 1. The van der Waals surface area contributed by atoms with Crippen LogP contribution in [0.4, 0.5) is 0 Å². The fraction of sp³-hybridized carbons (Fsp3) is 0.478. The Kier molecular flexibility index (Phi) is 5.41. The van der Waals surface area contributed by atoms with Crippen LogP contribution in [-0.4, -0.2) is 15.3 Å². The number of hydrogen-bond donors (Lipinski definition) is 0. The van der Waals surface area contributed by atoms with Gasteiger partial charge >= 0.3 is 0 Å². The molecule has 0 aliphatic heterocycles. The third-order valence-corrected chi connectivity index (χ3v) is 7.82. The summed E-state index contributed by atoms with van der Waals surface area (Å²) in [5.74, 6) is 1.58. The zero-order valence-corrected chi connectivity index (χ0v) is 18.8. The van der Waals surface area contributed by atoms with E-state index >= 15 is 0 Å². The summed E-state index contributed by atoms with van der Waals surface area (Å²) in [6.45, 7) is 9.69. The number of nitrogens with zero attached hydrogens (tertiary/aromatic N) is 2. The van der Waals surface area contributed by atoms with Crippen molar-refractivity contribution in [2.24, 2.45) is 11.3 Å². The van der Waals surface area contributed by atoms with Gasteiger partial charge in [0.1, 0.15) is 4.83 Å². The van der Waals surface area contributed by atoms with Crippen LogP contribution in [0.3, 0.4) is 0 Å². The van der Waals surface area contributed by atoms with Crippen molar-refractivity contribution in [2.75, 3.05) is 5.75 Å². The summed E-state index contributed by atoms with van der Waals surface area (Å²) in [7, 11) is 0. The van der Waals surface area contributed by atoms with Crippen LogP contribution in [0.5, 0.6) is 0 Å². The lowest BCUT2D eigenvalue weighted by molar-refractivity contribution is 0.218. The van der Waals surface area contributed by atoms with Gasteiger partial charge in [-0.25, -0.2) is 4.98 Å². The Labute approximate surface area is 175 Å². The second-order valence-corrected chi connectivity index (χ2v) is 11.0. The first-order valence-electron chi connectivity index (χ1n) is 10.1. The summed E-state index contributed by atoms with van der Waals surface area (Å²) in [4.78, 5) is 20.8. The van der Waals surface area contributed by atoms with E-state index in [1.54, 1.807) is 23.1 Å². The molecule has 2 aromatic heterocycles. The molecule has 0 unspecified atom stereocenters. The van der Waals surface area contributed by atoms with Crippen LogP contribution < -0.4 is 5.56 Å². The predicted molar refractivity (Wildman–Crippen MR) is 121 cm³/mol. The quantitative estimate of drug-likeness (QED) is 0.403. The maximum absolute atomic E-state index is 13.6. The van der Waals surface area contributed by atoms with Gasteiger partial charge < -0.3 is 0 Å². The SMILES string of the molecule is CCSc1nc2sc3c(c2c(=O)n1Cc1ccccc1)CC[C@H](C(C)(C)C)C3. The van der Waals surface area contributed by atoms with Crippen molar-refractivity contribution in [1.82, 2.24) is 9.55 Å². The van der Waals surface area contributed by atoms with Gasteiger partial charge in [-0.1, -0.05) is 69.8 Å². The first-order chi connectivity index (χ1) is 13.4. The summed E-state index contributed by atoms with van der Waals surface area (Å²) >= 11 is 3.41. The molecule has 28 heavy (non-hydrogen) atoms. The Balaban J connectivity index is 1.83. The van der Waals surface area contributed by atoms with Gasteiger partial charge in [0.05, 0.1) is 11.9 Å². The summed E-state index contributed by atoms with van der Waals surface area (Å²) in [5.41, 5.74) is 2.85. The van der Waals surface area contributed by atoms with Crippen molar-refractivity contribution < 1.29 is 0 Å². The van der Waals surface area contributed by atoms with Gasteiger partial charge in [0, 0.05) is 4.88 Å². The van der Waals surface area contributed by atoms with Gasteiger partial charge in [-0.15, -0.1) is 11.3 Å². The topological polar surface area (TPSA) is 34.9 Å². The second kappa shape index (κ2) is 7.68. The van der Waals surface area contributed by atoms with Gasteiger partial charge in [-0.2, -0.15) is 0 Å². The Morgan fingerprint density at radius 3 is 2.68 bits per heavy atom. The highest BCUT2D eigenvalue weighted by Gasteiger charge is 2.32. The highest BCUT2D eigenvalue weighted by Crippen LogP contribution is 2.42. The molecule has 1 aliphatic carbocycles. The molecule has 0 N–H and O–H groups in total. The number of thioether (sulfide) groups is 1. The molecule has 2 heterocycles. The van der Waals surface area contributed by atoms with Crippen LogP contribution in [-0.2, 0) is 19.4 Å². The van der Waals surface area contributed by atoms with Crippen LogP contribution in [0.15, 0.2) is 40.3 Å². The molecule has 0 radical (unpaired) electrons.